The molecule has 0 aliphatic carbocycles. The summed E-state index contributed by atoms with van der Waals surface area (Å²) >= 11 is 0. The van der Waals surface area contributed by atoms with Crippen LogP contribution in [0.2, 0.25) is 0 Å². The first-order chi connectivity index (χ1) is 7.08. The van der Waals surface area contributed by atoms with Crippen LogP contribution >= 0.6 is 0 Å². The normalized spacial score (nSPS) is 13.6. The molecule has 1 unspecified atom stereocenters. The molecule has 0 saturated carbocycles. The molecule has 0 amide bonds. The van der Waals surface area contributed by atoms with Gasteiger partial charge in [-0.05, 0) is 23.6 Å². The molecular weight excluding hydrogens is 194 g/mol. The summed E-state index contributed by atoms with van der Waals surface area (Å²) in [6, 6.07) is 5.22. The summed E-state index contributed by atoms with van der Waals surface area (Å²) in [4.78, 5) is 13.5. The Morgan fingerprint density at radius 1 is 1.40 bits per heavy atom. The lowest BCUT2D eigenvalue weighted by molar-refractivity contribution is 0.127. The van der Waals surface area contributed by atoms with Gasteiger partial charge < -0.3 is 9.52 Å². The highest BCUT2D eigenvalue weighted by Gasteiger charge is 2.13. The van der Waals surface area contributed by atoms with Gasteiger partial charge in [-0.3, -0.25) is 4.98 Å². The molecule has 4 nitrogen and oxygen atoms in total. The van der Waals surface area contributed by atoms with Crippen molar-refractivity contribution in [3.8, 4) is 0 Å². The number of hydrogen-bond donors (Lipinski definition) is 2. The molecule has 0 radical (unpaired) electrons. The molecule has 0 aliphatic rings. The molecule has 1 atom stereocenters. The van der Waals surface area contributed by atoms with Gasteiger partial charge in [-0.25, -0.2) is 4.79 Å². The molecule has 80 valence electrons. The summed E-state index contributed by atoms with van der Waals surface area (Å²) in [7, 11) is 0. The topological polar surface area (TPSA) is 66.2 Å². The van der Waals surface area contributed by atoms with E-state index in [1.165, 1.54) is 0 Å². The van der Waals surface area contributed by atoms with Gasteiger partial charge in [0.2, 0.25) is 0 Å². The zero-order valence-corrected chi connectivity index (χ0v) is 8.65. The second-order valence-electron chi connectivity index (χ2n) is 3.96. The van der Waals surface area contributed by atoms with E-state index in [4.69, 9.17) is 4.42 Å². The van der Waals surface area contributed by atoms with Crippen LogP contribution in [0.25, 0.3) is 11.1 Å². The summed E-state index contributed by atoms with van der Waals surface area (Å²) in [5, 5.41) is 9.83. The fraction of sp³-hybridized carbons (Fsp3) is 0.364. The summed E-state index contributed by atoms with van der Waals surface area (Å²) in [5.41, 5.74) is 1.90. The minimum atomic E-state index is -0.533. The van der Waals surface area contributed by atoms with E-state index in [-0.39, 0.29) is 5.92 Å². The molecule has 4 heteroatoms. The fourth-order valence-electron chi connectivity index (χ4n) is 1.53. The molecule has 0 aliphatic heterocycles. The Morgan fingerprint density at radius 3 is 2.80 bits per heavy atom. The molecule has 0 spiro atoms. The maximum Gasteiger partial charge on any atom is 0.417 e. The van der Waals surface area contributed by atoms with E-state index in [2.05, 4.69) is 4.98 Å². The fourth-order valence-corrected chi connectivity index (χ4v) is 1.53. The molecule has 1 heterocycles. The quantitative estimate of drug-likeness (QED) is 0.789. The minimum absolute atomic E-state index is 0.133. The van der Waals surface area contributed by atoms with Gasteiger partial charge >= 0.3 is 5.76 Å². The summed E-state index contributed by atoms with van der Waals surface area (Å²) in [5.74, 6) is -0.339. The monoisotopic (exact) mass is 207 g/mol. The van der Waals surface area contributed by atoms with Crippen molar-refractivity contribution < 1.29 is 9.52 Å². The van der Waals surface area contributed by atoms with Crippen molar-refractivity contribution in [3.63, 3.8) is 0 Å². The Labute approximate surface area is 86.5 Å². The zero-order valence-electron chi connectivity index (χ0n) is 8.65. The third kappa shape index (κ3) is 1.80. The van der Waals surface area contributed by atoms with Crippen molar-refractivity contribution in [3.05, 3.63) is 34.3 Å². The van der Waals surface area contributed by atoms with Crippen LogP contribution in [-0.4, -0.2) is 10.1 Å². The lowest BCUT2D eigenvalue weighted by Gasteiger charge is -2.14. The summed E-state index contributed by atoms with van der Waals surface area (Å²) < 4.78 is 4.92. The van der Waals surface area contributed by atoms with Crippen LogP contribution < -0.4 is 5.76 Å². The van der Waals surface area contributed by atoms with Crippen LogP contribution in [0.4, 0.5) is 0 Å². The molecule has 0 saturated heterocycles. The Morgan fingerprint density at radius 2 is 2.13 bits per heavy atom. The van der Waals surface area contributed by atoms with Gasteiger partial charge in [0.15, 0.2) is 5.58 Å². The number of aliphatic hydroxyl groups is 1. The second-order valence-corrected chi connectivity index (χ2v) is 3.96. The smallest absolute Gasteiger partial charge is 0.408 e. The SMILES string of the molecule is CC(C)C(O)c1ccc2[nH]c(=O)oc2c1. The number of nitrogens with one attached hydrogen (secondary N) is 1. The van der Waals surface area contributed by atoms with Gasteiger partial charge in [-0.1, -0.05) is 19.9 Å². The molecule has 0 fully saturated rings. The largest absolute Gasteiger partial charge is 0.417 e. The number of aromatic nitrogens is 1. The van der Waals surface area contributed by atoms with Crippen LogP contribution in [0.1, 0.15) is 25.5 Å². The number of hydrogen-bond acceptors (Lipinski definition) is 3. The lowest BCUT2D eigenvalue weighted by atomic mass is 9.99. The van der Waals surface area contributed by atoms with Gasteiger partial charge in [0.25, 0.3) is 0 Å². The number of benzene rings is 1. The molecule has 1 aromatic heterocycles. The number of rotatable bonds is 2. The predicted molar refractivity (Wildman–Crippen MR) is 56.6 cm³/mol. The highest BCUT2D eigenvalue weighted by atomic mass is 16.4. The maximum atomic E-state index is 10.9. The van der Waals surface area contributed by atoms with E-state index in [1.807, 2.05) is 13.8 Å². The van der Waals surface area contributed by atoms with Crippen molar-refractivity contribution in [1.29, 1.82) is 0 Å². The highest BCUT2D eigenvalue weighted by molar-refractivity contribution is 5.72. The van der Waals surface area contributed by atoms with Crippen LogP contribution in [0.15, 0.2) is 27.4 Å². The summed E-state index contributed by atoms with van der Waals surface area (Å²) in [6.45, 7) is 3.87. The third-order valence-electron chi connectivity index (χ3n) is 2.42. The van der Waals surface area contributed by atoms with E-state index in [9.17, 15) is 9.90 Å². The zero-order chi connectivity index (χ0) is 11.0. The van der Waals surface area contributed by atoms with Crippen molar-refractivity contribution >= 4 is 11.1 Å². The number of aliphatic hydroxyl groups excluding tert-OH is 1. The molecule has 15 heavy (non-hydrogen) atoms. The molecule has 2 aromatic rings. The molecule has 0 bridgehead atoms. The van der Waals surface area contributed by atoms with E-state index in [0.29, 0.717) is 11.1 Å². The van der Waals surface area contributed by atoms with Gasteiger partial charge in [-0.2, -0.15) is 0 Å². The van der Waals surface area contributed by atoms with Gasteiger partial charge in [0.05, 0.1) is 11.6 Å². The average Bonchev–Trinajstić information content (AvgIpc) is 2.55. The first-order valence-electron chi connectivity index (χ1n) is 4.89. The highest BCUT2D eigenvalue weighted by Crippen LogP contribution is 2.23. The Bertz CT molecular complexity index is 524. The number of aromatic amines is 1. The van der Waals surface area contributed by atoms with Crippen LogP contribution in [-0.2, 0) is 0 Å². The molecule has 2 rings (SSSR count). The van der Waals surface area contributed by atoms with E-state index in [1.54, 1.807) is 18.2 Å². The van der Waals surface area contributed by atoms with Crippen molar-refractivity contribution in [2.75, 3.05) is 0 Å². The first-order valence-corrected chi connectivity index (χ1v) is 4.89. The maximum absolute atomic E-state index is 10.9. The number of fused-ring (bicyclic) bond motifs is 1. The van der Waals surface area contributed by atoms with Crippen molar-refractivity contribution in [2.45, 2.75) is 20.0 Å². The van der Waals surface area contributed by atoms with Crippen LogP contribution in [0.5, 0.6) is 0 Å². The molecule has 1 aromatic carbocycles. The Kier molecular flexibility index (Phi) is 2.36. The molecular formula is C11H13NO3. The lowest BCUT2D eigenvalue weighted by Crippen LogP contribution is -2.04. The van der Waals surface area contributed by atoms with Crippen LogP contribution in [0, 0.1) is 5.92 Å². The van der Waals surface area contributed by atoms with Gasteiger partial charge in [0, 0.05) is 0 Å². The van der Waals surface area contributed by atoms with E-state index >= 15 is 0 Å². The first kappa shape index (κ1) is 9.98. The summed E-state index contributed by atoms with van der Waals surface area (Å²) in [6.07, 6.45) is -0.533. The Balaban J connectivity index is 2.50. The minimum Gasteiger partial charge on any atom is -0.408 e. The number of oxazole rings is 1. The van der Waals surface area contributed by atoms with E-state index in [0.717, 1.165) is 5.56 Å². The van der Waals surface area contributed by atoms with Gasteiger partial charge in [-0.15, -0.1) is 0 Å². The standard InChI is InChI=1S/C11H13NO3/c1-6(2)10(13)7-3-4-8-9(5-7)15-11(14)12-8/h3-6,10,13H,1-2H3,(H,12,14). The Hall–Kier alpha value is -1.55. The second kappa shape index (κ2) is 3.55. The number of H-pyrrole nitrogens is 1. The van der Waals surface area contributed by atoms with Crippen molar-refractivity contribution in [1.82, 2.24) is 4.98 Å². The average molecular weight is 207 g/mol. The molecule has 2 N–H and O–H groups in total. The predicted octanol–water partition coefficient (Wildman–Crippen LogP) is 1.81. The van der Waals surface area contributed by atoms with Gasteiger partial charge in [0.1, 0.15) is 0 Å². The third-order valence-corrected chi connectivity index (χ3v) is 2.42. The van der Waals surface area contributed by atoms with Crippen molar-refractivity contribution in [2.24, 2.45) is 5.92 Å². The van der Waals surface area contributed by atoms with Crippen LogP contribution in [0.3, 0.4) is 0 Å². The van der Waals surface area contributed by atoms with E-state index < -0.39 is 11.9 Å².